The Morgan fingerprint density at radius 3 is 2.67 bits per heavy atom. The predicted octanol–water partition coefficient (Wildman–Crippen LogP) is 3.04. The average Bonchev–Trinajstić information content (AvgIpc) is 2.80. The quantitative estimate of drug-likeness (QED) is 0.790. The van der Waals surface area contributed by atoms with Gasteiger partial charge >= 0.3 is 0 Å². The van der Waals surface area contributed by atoms with E-state index >= 15 is 0 Å². The van der Waals surface area contributed by atoms with Crippen molar-refractivity contribution in [2.45, 2.75) is 46.6 Å². The van der Waals surface area contributed by atoms with Crippen molar-refractivity contribution in [1.82, 2.24) is 9.97 Å². The first-order chi connectivity index (χ1) is 9.85. The molecule has 2 heterocycles. The minimum atomic E-state index is 0.0123. The molecule has 1 atom stereocenters. The molecule has 0 fully saturated rings. The maximum Gasteiger partial charge on any atom is 0.223 e. The molecular formula is C15H24N4OS. The first-order valence-corrected chi connectivity index (χ1v) is 8.10. The van der Waals surface area contributed by atoms with Gasteiger partial charge in [-0.15, -0.1) is 11.3 Å². The Morgan fingerprint density at radius 2 is 2.10 bits per heavy atom. The van der Waals surface area contributed by atoms with E-state index in [2.05, 4.69) is 49.0 Å². The van der Waals surface area contributed by atoms with Crippen LogP contribution in [0.2, 0.25) is 0 Å². The van der Waals surface area contributed by atoms with E-state index < -0.39 is 0 Å². The number of aliphatic hydroxyl groups excluding tert-OH is 1. The number of nitrogens with two attached hydrogens (primary N) is 1. The van der Waals surface area contributed by atoms with Crippen molar-refractivity contribution in [3.05, 3.63) is 10.9 Å². The lowest BCUT2D eigenvalue weighted by Gasteiger charge is -2.31. The van der Waals surface area contributed by atoms with Gasteiger partial charge in [0.2, 0.25) is 5.95 Å². The number of hydrogen-bond acceptors (Lipinski definition) is 6. The number of aryl methyl sites for hydroxylation is 1. The lowest BCUT2D eigenvalue weighted by atomic mass is 9.85. The van der Waals surface area contributed by atoms with Crippen LogP contribution in [0.5, 0.6) is 0 Å². The summed E-state index contributed by atoms with van der Waals surface area (Å²) in [5.41, 5.74) is 5.84. The molecule has 0 saturated heterocycles. The number of nitrogens with one attached hydrogen (secondary N) is 1. The van der Waals surface area contributed by atoms with E-state index in [0.29, 0.717) is 6.42 Å². The molecule has 0 aromatic carbocycles. The summed E-state index contributed by atoms with van der Waals surface area (Å²) in [7, 11) is 0. The van der Waals surface area contributed by atoms with E-state index in [9.17, 15) is 5.11 Å². The van der Waals surface area contributed by atoms with E-state index in [1.54, 1.807) is 11.3 Å². The topological polar surface area (TPSA) is 84.1 Å². The van der Waals surface area contributed by atoms with Crippen LogP contribution in [0.25, 0.3) is 10.2 Å². The molecule has 5 nitrogen and oxygen atoms in total. The summed E-state index contributed by atoms with van der Waals surface area (Å²) in [6.07, 6.45) is 1.64. The van der Waals surface area contributed by atoms with E-state index in [4.69, 9.17) is 5.73 Å². The Morgan fingerprint density at radius 1 is 1.38 bits per heavy atom. The Hall–Kier alpha value is -1.40. The van der Waals surface area contributed by atoms with Gasteiger partial charge in [-0.05, 0) is 24.3 Å². The van der Waals surface area contributed by atoms with Crippen molar-refractivity contribution < 1.29 is 5.11 Å². The molecule has 21 heavy (non-hydrogen) atoms. The van der Waals surface area contributed by atoms with Gasteiger partial charge in [0, 0.05) is 17.5 Å². The summed E-state index contributed by atoms with van der Waals surface area (Å²) in [5, 5.41) is 13.8. The van der Waals surface area contributed by atoms with E-state index in [1.807, 2.05) is 0 Å². The number of thiophene rings is 1. The Labute approximate surface area is 129 Å². The van der Waals surface area contributed by atoms with Gasteiger partial charge in [-0.25, -0.2) is 4.98 Å². The SMILES string of the molecule is CCc1cc2c(NC(CCO)C(C)(C)C)nc(N)nc2s1. The third-order valence-electron chi connectivity index (χ3n) is 3.58. The van der Waals surface area contributed by atoms with Crippen LogP contribution in [0, 0.1) is 5.41 Å². The maximum atomic E-state index is 9.29. The zero-order chi connectivity index (χ0) is 15.6. The Kier molecular flexibility index (Phi) is 4.68. The summed E-state index contributed by atoms with van der Waals surface area (Å²) in [4.78, 5) is 10.9. The van der Waals surface area contributed by atoms with Crippen LogP contribution in [0.1, 0.15) is 39.0 Å². The molecule has 2 aromatic rings. The van der Waals surface area contributed by atoms with Crippen LogP contribution < -0.4 is 11.1 Å². The Balaban J connectivity index is 2.42. The molecule has 0 radical (unpaired) electrons. The Bertz CT molecular complexity index is 618. The lowest BCUT2D eigenvalue weighted by molar-refractivity contribution is 0.235. The van der Waals surface area contributed by atoms with Gasteiger partial charge in [0.15, 0.2) is 0 Å². The average molecular weight is 308 g/mol. The van der Waals surface area contributed by atoms with Crippen LogP contribution in [-0.4, -0.2) is 27.7 Å². The first-order valence-electron chi connectivity index (χ1n) is 7.28. The molecule has 0 spiro atoms. The fourth-order valence-electron chi connectivity index (χ4n) is 2.29. The number of nitrogen functional groups attached to an aromatic ring is 1. The number of fused-ring (bicyclic) bond motifs is 1. The van der Waals surface area contributed by atoms with Crippen LogP contribution >= 0.6 is 11.3 Å². The second kappa shape index (κ2) is 6.15. The van der Waals surface area contributed by atoms with Gasteiger partial charge in [0.05, 0.1) is 5.39 Å². The summed E-state index contributed by atoms with van der Waals surface area (Å²) in [6.45, 7) is 8.70. The molecular weight excluding hydrogens is 284 g/mol. The van der Waals surface area contributed by atoms with Crippen molar-refractivity contribution in [2.75, 3.05) is 17.7 Å². The summed E-state index contributed by atoms with van der Waals surface area (Å²) < 4.78 is 0. The minimum Gasteiger partial charge on any atom is -0.396 e. The van der Waals surface area contributed by atoms with Gasteiger partial charge in [0.1, 0.15) is 10.6 Å². The number of nitrogens with zero attached hydrogens (tertiary/aromatic N) is 2. The van der Waals surface area contributed by atoms with Gasteiger partial charge in [-0.1, -0.05) is 27.7 Å². The lowest BCUT2D eigenvalue weighted by Crippen LogP contribution is -2.35. The van der Waals surface area contributed by atoms with E-state index in [0.717, 1.165) is 22.5 Å². The summed E-state index contributed by atoms with van der Waals surface area (Å²) in [6, 6.07) is 2.24. The van der Waals surface area contributed by atoms with Crippen LogP contribution in [0.4, 0.5) is 11.8 Å². The molecule has 0 saturated carbocycles. The molecule has 0 bridgehead atoms. The summed E-state index contributed by atoms with van der Waals surface area (Å²) in [5.74, 6) is 1.05. The normalized spacial score (nSPS) is 13.6. The van der Waals surface area contributed by atoms with Gasteiger partial charge in [-0.2, -0.15) is 4.98 Å². The monoisotopic (exact) mass is 308 g/mol. The second-order valence-electron chi connectivity index (χ2n) is 6.29. The van der Waals surface area contributed by atoms with Gasteiger partial charge < -0.3 is 16.2 Å². The molecule has 0 aliphatic heterocycles. The highest BCUT2D eigenvalue weighted by molar-refractivity contribution is 7.18. The zero-order valence-electron chi connectivity index (χ0n) is 13.1. The number of rotatable bonds is 5. The molecule has 0 aliphatic rings. The van der Waals surface area contributed by atoms with Crippen LogP contribution in [-0.2, 0) is 6.42 Å². The van der Waals surface area contributed by atoms with Crippen molar-refractivity contribution in [1.29, 1.82) is 0 Å². The molecule has 0 aliphatic carbocycles. The predicted molar refractivity (Wildman–Crippen MR) is 89.8 cm³/mol. The number of hydrogen-bond donors (Lipinski definition) is 3. The zero-order valence-corrected chi connectivity index (χ0v) is 13.9. The van der Waals surface area contributed by atoms with Crippen molar-refractivity contribution in [2.24, 2.45) is 5.41 Å². The van der Waals surface area contributed by atoms with Crippen LogP contribution in [0.3, 0.4) is 0 Å². The third-order valence-corrected chi connectivity index (χ3v) is 4.76. The largest absolute Gasteiger partial charge is 0.396 e. The molecule has 116 valence electrons. The molecule has 1 unspecified atom stereocenters. The van der Waals surface area contributed by atoms with Gasteiger partial charge in [-0.3, -0.25) is 0 Å². The number of aliphatic hydroxyl groups is 1. The highest BCUT2D eigenvalue weighted by Crippen LogP contribution is 2.32. The molecule has 2 aromatic heterocycles. The molecule has 6 heteroatoms. The fraction of sp³-hybridized carbons (Fsp3) is 0.600. The second-order valence-corrected chi connectivity index (χ2v) is 7.41. The highest BCUT2D eigenvalue weighted by atomic mass is 32.1. The van der Waals surface area contributed by atoms with Crippen molar-refractivity contribution in [3.8, 4) is 0 Å². The fourth-order valence-corrected chi connectivity index (χ4v) is 3.26. The van der Waals surface area contributed by atoms with Gasteiger partial charge in [0.25, 0.3) is 0 Å². The molecule has 2 rings (SSSR count). The highest BCUT2D eigenvalue weighted by Gasteiger charge is 2.25. The number of anilines is 2. The molecule has 4 N–H and O–H groups in total. The molecule has 0 amide bonds. The number of aromatic nitrogens is 2. The first kappa shape index (κ1) is 16.0. The third kappa shape index (κ3) is 3.63. The van der Waals surface area contributed by atoms with Crippen LogP contribution in [0.15, 0.2) is 6.07 Å². The maximum absolute atomic E-state index is 9.29. The minimum absolute atomic E-state index is 0.0123. The van der Waals surface area contributed by atoms with E-state index in [-0.39, 0.29) is 24.0 Å². The van der Waals surface area contributed by atoms with E-state index in [1.165, 1.54) is 4.88 Å². The van der Waals surface area contributed by atoms with Crippen molar-refractivity contribution in [3.63, 3.8) is 0 Å². The smallest absolute Gasteiger partial charge is 0.223 e. The van der Waals surface area contributed by atoms with Crippen molar-refractivity contribution >= 4 is 33.3 Å². The summed E-state index contributed by atoms with van der Waals surface area (Å²) >= 11 is 1.65. The standard InChI is InChI=1S/C15H24N4OS/c1-5-9-8-10-12(18-14(16)19-13(10)21-9)17-11(6-7-20)15(2,3)4/h8,11,20H,5-7H2,1-4H3,(H3,16,17,18,19).